The molecule has 1 heteroatoms. The van der Waals surface area contributed by atoms with Gasteiger partial charge in [-0.1, -0.05) is 42.5 Å². The number of H-pyrrole nitrogens is 1. The number of nitrogens with one attached hydrogen (secondary N) is 1. The number of aromatic amines is 1. The van der Waals surface area contributed by atoms with Crippen molar-refractivity contribution in [1.29, 1.82) is 0 Å². The number of aryl methyl sites for hydroxylation is 2. The van der Waals surface area contributed by atoms with E-state index in [1.165, 1.54) is 44.1 Å². The number of fused-ring (bicyclic) bond motifs is 6. The summed E-state index contributed by atoms with van der Waals surface area (Å²) < 4.78 is 0. The van der Waals surface area contributed by atoms with Crippen LogP contribution in [-0.2, 0) is 12.8 Å². The van der Waals surface area contributed by atoms with E-state index < -0.39 is 0 Å². The van der Waals surface area contributed by atoms with Crippen molar-refractivity contribution >= 4 is 21.8 Å². The quantitative estimate of drug-likeness (QED) is 0.458. The largest absolute Gasteiger partial charge is 0.355 e. The Morgan fingerprint density at radius 2 is 1.43 bits per heavy atom. The minimum atomic E-state index is 1.14. The molecule has 4 aromatic rings. The summed E-state index contributed by atoms with van der Waals surface area (Å²) in [6.07, 6.45) is 2.28. The van der Waals surface area contributed by atoms with E-state index in [2.05, 4.69) is 65.6 Å². The van der Waals surface area contributed by atoms with Gasteiger partial charge in [-0.05, 0) is 53.3 Å². The van der Waals surface area contributed by atoms with Gasteiger partial charge in [0.1, 0.15) is 0 Å². The fourth-order valence-electron chi connectivity index (χ4n) is 3.67. The van der Waals surface area contributed by atoms with Crippen molar-refractivity contribution in [3.05, 3.63) is 71.8 Å². The molecule has 1 nitrogen and oxygen atoms in total. The van der Waals surface area contributed by atoms with E-state index >= 15 is 0 Å². The maximum atomic E-state index is 3.55. The van der Waals surface area contributed by atoms with E-state index in [-0.39, 0.29) is 0 Å². The molecule has 1 aliphatic carbocycles. The Morgan fingerprint density at radius 3 is 2.43 bits per heavy atom. The number of hydrogen-bond acceptors (Lipinski definition) is 0. The first-order chi connectivity index (χ1) is 10.4. The maximum absolute atomic E-state index is 3.55. The average Bonchev–Trinajstić information content (AvgIpc) is 2.90. The van der Waals surface area contributed by atoms with Gasteiger partial charge in [0.15, 0.2) is 0 Å². The third-order valence-electron chi connectivity index (χ3n) is 4.70. The molecule has 0 fully saturated rings. The number of benzene rings is 3. The van der Waals surface area contributed by atoms with Crippen molar-refractivity contribution in [2.75, 3.05) is 0 Å². The lowest BCUT2D eigenvalue weighted by atomic mass is 9.85. The molecule has 0 amide bonds. The molecule has 0 saturated heterocycles. The molecule has 0 atom stereocenters. The molecule has 100 valence electrons. The Balaban J connectivity index is 1.90. The number of para-hydroxylation sites is 1. The van der Waals surface area contributed by atoms with Crippen molar-refractivity contribution in [3.63, 3.8) is 0 Å². The van der Waals surface area contributed by atoms with Crippen molar-refractivity contribution in [1.82, 2.24) is 4.98 Å². The van der Waals surface area contributed by atoms with Crippen LogP contribution < -0.4 is 0 Å². The van der Waals surface area contributed by atoms with Gasteiger partial charge in [0, 0.05) is 21.8 Å². The van der Waals surface area contributed by atoms with Gasteiger partial charge >= 0.3 is 0 Å². The maximum Gasteiger partial charge on any atom is 0.0468 e. The average molecular weight is 269 g/mol. The molecule has 1 aromatic heterocycles. The second-order valence-electron chi connectivity index (χ2n) is 5.88. The molecule has 0 radical (unpaired) electrons. The highest BCUT2D eigenvalue weighted by atomic mass is 14.7. The van der Waals surface area contributed by atoms with Gasteiger partial charge in [-0.3, -0.25) is 0 Å². The third-order valence-corrected chi connectivity index (χ3v) is 4.70. The summed E-state index contributed by atoms with van der Waals surface area (Å²) >= 11 is 0. The van der Waals surface area contributed by atoms with E-state index in [1.807, 2.05) is 0 Å². The van der Waals surface area contributed by atoms with Gasteiger partial charge in [0.2, 0.25) is 0 Å². The van der Waals surface area contributed by atoms with Crippen molar-refractivity contribution < 1.29 is 0 Å². The molecule has 0 bridgehead atoms. The molecule has 3 aromatic carbocycles. The molecule has 0 unspecified atom stereocenters. The summed E-state index contributed by atoms with van der Waals surface area (Å²) in [6.45, 7) is 0. The van der Waals surface area contributed by atoms with E-state index in [4.69, 9.17) is 0 Å². The lowest BCUT2D eigenvalue weighted by Crippen LogP contribution is -2.03. The standard InChI is InChI=1S/C20H15N/c1-2-6-15-13(5-1)9-10-14-11-20-18(12-17(14)15)16-7-3-4-8-19(16)21-20/h1-8,11-12,21H,9-10H2. The van der Waals surface area contributed by atoms with Crippen LogP contribution in [0.15, 0.2) is 60.7 Å². The summed E-state index contributed by atoms with van der Waals surface area (Å²) in [7, 11) is 0. The highest BCUT2D eigenvalue weighted by Gasteiger charge is 2.17. The lowest BCUT2D eigenvalue weighted by molar-refractivity contribution is 0.944. The van der Waals surface area contributed by atoms with Crippen LogP contribution in [0.4, 0.5) is 0 Å². The second kappa shape index (κ2) is 3.98. The normalized spacial score (nSPS) is 13.3. The first-order valence-electron chi connectivity index (χ1n) is 7.52. The first kappa shape index (κ1) is 11.2. The summed E-state index contributed by atoms with van der Waals surface area (Å²) in [5, 5.41) is 2.65. The molecule has 1 heterocycles. The first-order valence-corrected chi connectivity index (χ1v) is 7.52. The van der Waals surface area contributed by atoms with Gasteiger partial charge in [-0.25, -0.2) is 0 Å². The molecule has 21 heavy (non-hydrogen) atoms. The van der Waals surface area contributed by atoms with Crippen molar-refractivity contribution in [2.24, 2.45) is 0 Å². The molecule has 0 spiro atoms. The smallest absolute Gasteiger partial charge is 0.0468 e. The number of aromatic nitrogens is 1. The third kappa shape index (κ3) is 1.52. The molecule has 0 aliphatic heterocycles. The summed E-state index contributed by atoms with van der Waals surface area (Å²) in [4.78, 5) is 3.55. The van der Waals surface area contributed by atoms with E-state index in [0.29, 0.717) is 0 Å². The predicted octanol–water partition coefficient (Wildman–Crippen LogP) is 5.09. The zero-order valence-corrected chi connectivity index (χ0v) is 11.7. The zero-order chi connectivity index (χ0) is 13.8. The molecule has 5 rings (SSSR count). The molecule has 0 saturated carbocycles. The molecule has 1 aliphatic rings. The number of rotatable bonds is 0. The molecular weight excluding hydrogens is 254 g/mol. The fraction of sp³-hybridized carbons (Fsp3) is 0.100. The topological polar surface area (TPSA) is 15.8 Å². The van der Waals surface area contributed by atoms with Gasteiger partial charge < -0.3 is 4.98 Å². The monoisotopic (exact) mass is 269 g/mol. The van der Waals surface area contributed by atoms with Crippen LogP contribution in [0.2, 0.25) is 0 Å². The van der Waals surface area contributed by atoms with Gasteiger partial charge in [-0.15, -0.1) is 0 Å². The Hall–Kier alpha value is -2.54. The minimum Gasteiger partial charge on any atom is -0.355 e. The second-order valence-corrected chi connectivity index (χ2v) is 5.88. The van der Waals surface area contributed by atoms with Crippen LogP contribution in [0.5, 0.6) is 0 Å². The van der Waals surface area contributed by atoms with Gasteiger partial charge in [0.25, 0.3) is 0 Å². The van der Waals surface area contributed by atoms with E-state index in [9.17, 15) is 0 Å². The summed E-state index contributed by atoms with van der Waals surface area (Å²) in [6, 6.07) is 22.1. The van der Waals surface area contributed by atoms with Crippen LogP contribution in [-0.4, -0.2) is 4.98 Å². The fourth-order valence-corrected chi connectivity index (χ4v) is 3.67. The lowest BCUT2D eigenvalue weighted by Gasteiger charge is -2.19. The van der Waals surface area contributed by atoms with Crippen molar-refractivity contribution in [3.8, 4) is 11.1 Å². The Kier molecular flexibility index (Phi) is 2.12. The van der Waals surface area contributed by atoms with Crippen LogP contribution in [0.1, 0.15) is 11.1 Å². The Bertz CT molecular complexity index is 991. The van der Waals surface area contributed by atoms with Gasteiger partial charge in [-0.2, -0.15) is 0 Å². The minimum absolute atomic E-state index is 1.14. The van der Waals surface area contributed by atoms with Crippen LogP contribution >= 0.6 is 0 Å². The predicted molar refractivity (Wildman–Crippen MR) is 88.6 cm³/mol. The SMILES string of the molecule is c1ccc2c(c1)CCc1cc3[nH]c4ccccc4c3cc1-2. The van der Waals surface area contributed by atoms with E-state index in [1.54, 1.807) is 0 Å². The zero-order valence-electron chi connectivity index (χ0n) is 11.7. The highest BCUT2D eigenvalue weighted by molar-refractivity contribution is 6.09. The molecular formula is C20H15N. The molecule has 1 N–H and O–H groups in total. The highest BCUT2D eigenvalue weighted by Crippen LogP contribution is 2.37. The van der Waals surface area contributed by atoms with Crippen LogP contribution in [0, 0.1) is 0 Å². The summed E-state index contributed by atoms with van der Waals surface area (Å²) in [5.41, 5.74) is 8.24. The van der Waals surface area contributed by atoms with Crippen LogP contribution in [0.3, 0.4) is 0 Å². The van der Waals surface area contributed by atoms with E-state index in [0.717, 1.165) is 12.8 Å². The Labute approximate surface area is 123 Å². The Morgan fingerprint density at radius 1 is 0.619 bits per heavy atom. The van der Waals surface area contributed by atoms with Crippen LogP contribution in [0.25, 0.3) is 32.9 Å². The van der Waals surface area contributed by atoms with Gasteiger partial charge in [0.05, 0.1) is 0 Å². The summed E-state index contributed by atoms with van der Waals surface area (Å²) in [5.74, 6) is 0. The van der Waals surface area contributed by atoms with Crippen molar-refractivity contribution in [2.45, 2.75) is 12.8 Å². The number of hydrogen-bond donors (Lipinski definition) is 1.